The number of amides is 2. The van der Waals surface area contributed by atoms with E-state index in [-0.39, 0.29) is 29.2 Å². The van der Waals surface area contributed by atoms with Gasteiger partial charge in [-0.1, -0.05) is 0 Å². The summed E-state index contributed by atoms with van der Waals surface area (Å²) in [6.07, 6.45) is 2.16. The molecule has 0 radical (unpaired) electrons. The van der Waals surface area contributed by atoms with Crippen molar-refractivity contribution in [2.45, 2.75) is 6.42 Å². The number of methoxy groups -OCH3 is 1. The van der Waals surface area contributed by atoms with Crippen LogP contribution in [0, 0.1) is 17.8 Å². The molecule has 2 saturated heterocycles. The summed E-state index contributed by atoms with van der Waals surface area (Å²) in [5.41, 5.74) is 0.278. The van der Waals surface area contributed by atoms with Crippen molar-refractivity contribution in [2.75, 3.05) is 39.9 Å². The Balaban J connectivity index is 1.68. The highest BCUT2D eigenvalue weighted by atomic mass is 19.1. The van der Waals surface area contributed by atoms with E-state index in [1.807, 2.05) is 4.90 Å². The molecule has 2 amide bonds. The molecule has 0 N–H and O–H groups in total. The van der Waals surface area contributed by atoms with Gasteiger partial charge in [-0.05, 0) is 18.4 Å². The topological polar surface area (TPSA) is 62.7 Å². The van der Waals surface area contributed by atoms with Crippen LogP contribution < -0.4 is 0 Å². The molecule has 3 rings (SSSR count). The number of hydrogen-bond acceptors (Lipinski definition) is 4. The maximum Gasteiger partial charge on any atom is 0.254 e. The molecule has 2 atom stereocenters. The predicted molar refractivity (Wildman–Crippen MR) is 80.2 cm³/mol. The molecule has 0 bridgehead atoms. The van der Waals surface area contributed by atoms with Crippen molar-refractivity contribution in [1.82, 2.24) is 14.8 Å². The van der Waals surface area contributed by atoms with E-state index < -0.39 is 5.95 Å². The van der Waals surface area contributed by atoms with Crippen molar-refractivity contribution < 1.29 is 18.7 Å². The Kier molecular flexibility index (Phi) is 4.56. The normalized spacial score (nSPS) is 24.0. The van der Waals surface area contributed by atoms with Crippen LogP contribution in [0.1, 0.15) is 16.8 Å². The number of halogens is 1. The lowest BCUT2D eigenvalue weighted by Crippen LogP contribution is -2.46. The van der Waals surface area contributed by atoms with Crippen molar-refractivity contribution in [3.63, 3.8) is 0 Å². The molecule has 124 valence electrons. The minimum atomic E-state index is -0.672. The zero-order valence-electron chi connectivity index (χ0n) is 13.1. The lowest BCUT2D eigenvalue weighted by Gasteiger charge is -2.33. The van der Waals surface area contributed by atoms with Crippen LogP contribution in [-0.4, -0.2) is 66.5 Å². The number of aromatic nitrogens is 1. The smallest absolute Gasteiger partial charge is 0.254 e. The average molecular weight is 321 g/mol. The molecule has 7 heteroatoms. The maximum absolute atomic E-state index is 13.2. The minimum Gasteiger partial charge on any atom is -0.383 e. The molecule has 0 spiro atoms. The lowest BCUT2D eigenvalue weighted by atomic mass is 9.88. The molecule has 1 aromatic heterocycles. The van der Waals surface area contributed by atoms with E-state index in [2.05, 4.69) is 4.98 Å². The Bertz CT molecular complexity index is 610. The third-order valence-electron chi connectivity index (χ3n) is 4.67. The van der Waals surface area contributed by atoms with Gasteiger partial charge in [0, 0.05) is 51.1 Å². The van der Waals surface area contributed by atoms with Crippen LogP contribution in [0.3, 0.4) is 0 Å². The van der Waals surface area contributed by atoms with Gasteiger partial charge >= 0.3 is 0 Å². The number of pyridine rings is 1. The van der Waals surface area contributed by atoms with E-state index in [4.69, 9.17) is 4.74 Å². The second-order valence-corrected chi connectivity index (χ2v) is 6.05. The van der Waals surface area contributed by atoms with Gasteiger partial charge in [-0.3, -0.25) is 9.59 Å². The Morgan fingerprint density at radius 2 is 2.30 bits per heavy atom. The van der Waals surface area contributed by atoms with Crippen molar-refractivity contribution in [2.24, 2.45) is 11.8 Å². The number of nitrogens with zero attached hydrogens (tertiary/aromatic N) is 3. The van der Waals surface area contributed by atoms with Crippen LogP contribution in [-0.2, 0) is 9.53 Å². The minimum absolute atomic E-state index is 0.0921. The largest absolute Gasteiger partial charge is 0.383 e. The first-order valence-electron chi connectivity index (χ1n) is 7.78. The summed E-state index contributed by atoms with van der Waals surface area (Å²) in [7, 11) is 1.61. The number of piperidine rings is 1. The molecule has 6 nitrogen and oxygen atoms in total. The van der Waals surface area contributed by atoms with Crippen LogP contribution in [0.4, 0.5) is 4.39 Å². The molecule has 3 heterocycles. The first-order valence-corrected chi connectivity index (χ1v) is 7.78. The van der Waals surface area contributed by atoms with E-state index in [0.29, 0.717) is 32.8 Å². The number of likely N-dealkylation sites (tertiary alicyclic amines) is 2. The van der Waals surface area contributed by atoms with Gasteiger partial charge in [0.2, 0.25) is 11.9 Å². The van der Waals surface area contributed by atoms with Crippen molar-refractivity contribution in [3.8, 4) is 0 Å². The van der Waals surface area contributed by atoms with Gasteiger partial charge < -0.3 is 14.5 Å². The summed E-state index contributed by atoms with van der Waals surface area (Å²) in [6, 6.07) is 2.64. The number of carbonyl (C=O) groups is 2. The summed E-state index contributed by atoms with van der Waals surface area (Å²) in [5.74, 6) is -0.783. The third kappa shape index (κ3) is 3.19. The first kappa shape index (κ1) is 15.9. The number of hydrogen-bond donors (Lipinski definition) is 0. The standard InChI is InChI=1S/C16H20FN3O3/c1-23-7-6-19-5-3-12-9-20(10-13(12)16(19)22)15(21)11-2-4-18-14(17)8-11/h2,4,8,12-13H,3,5-7,9-10H2,1H3/t12-,13+/m0/s1. The fourth-order valence-corrected chi connectivity index (χ4v) is 3.42. The Hall–Kier alpha value is -2.02. The van der Waals surface area contributed by atoms with Gasteiger partial charge in [-0.15, -0.1) is 0 Å². The number of fused-ring (bicyclic) bond motifs is 1. The second kappa shape index (κ2) is 6.62. The highest BCUT2D eigenvalue weighted by Gasteiger charge is 2.44. The molecule has 2 fully saturated rings. The van der Waals surface area contributed by atoms with Gasteiger partial charge in [0.1, 0.15) is 0 Å². The van der Waals surface area contributed by atoms with Gasteiger partial charge in [-0.2, -0.15) is 4.39 Å². The summed E-state index contributed by atoms with van der Waals surface area (Å²) in [6.45, 7) is 2.76. The van der Waals surface area contributed by atoms with E-state index in [9.17, 15) is 14.0 Å². The maximum atomic E-state index is 13.2. The molecule has 0 aromatic carbocycles. The molecule has 2 aliphatic rings. The Labute approximate surface area is 134 Å². The molecule has 0 aliphatic carbocycles. The fraction of sp³-hybridized carbons (Fsp3) is 0.562. The van der Waals surface area contributed by atoms with Crippen molar-refractivity contribution in [3.05, 3.63) is 29.8 Å². The molecule has 0 saturated carbocycles. The van der Waals surface area contributed by atoms with Gasteiger partial charge in [-0.25, -0.2) is 4.98 Å². The molecule has 1 aromatic rings. The van der Waals surface area contributed by atoms with E-state index in [0.717, 1.165) is 12.5 Å². The van der Waals surface area contributed by atoms with Crippen molar-refractivity contribution >= 4 is 11.8 Å². The third-order valence-corrected chi connectivity index (χ3v) is 4.67. The number of carbonyl (C=O) groups excluding carboxylic acids is 2. The second-order valence-electron chi connectivity index (χ2n) is 6.05. The highest BCUT2D eigenvalue weighted by molar-refractivity contribution is 5.95. The SMILES string of the molecule is COCCN1CC[C@H]2CN(C(=O)c3ccnc(F)c3)C[C@H]2C1=O. The quantitative estimate of drug-likeness (QED) is 0.769. The monoisotopic (exact) mass is 321 g/mol. The van der Waals surface area contributed by atoms with Gasteiger partial charge in [0.05, 0.1) is 12.5 Å². The summed E-state index contributed by atoms with van der Waals surface area (Å²) >= 11 is 0. The Morgan fingerprint density at radius 3 is 3.04 bits per heavy atom. The van der Waals surface area contributed by atoms with Gasteiger partial charge in [0.25, 0.3) is 5.91 Å². The molecule has 2 aliphatic heterocycles. The summed E-state index contributed by atoms with van der Waals surface area (Å²) in [4.78, 5) is 31.9. The average Bonchev–Trinajstić information content (AvgIpc) is 2.98. The van der Waals surface area contributed by atoms with E-state index >= 15 is 0 Å². The fourth-order valence-electron chi connectivity index (χ4n) is 3.42. The first-order chi connectivity index (χ1) is 11.1. The van der Waals surface area contributed by atoms with E-state index in [1.165, 1.54) is 12.3 Å². The predicted octanol–water partition coefficient (Wildman–Crippen LogP) is 0.788. The molecular formula is C16H20FN3O3. The number of ether oxygens (including phenoxy) is 1. The van der Waals surface area contributed by atoms with Crippen LogP contribution in [0.15, 0.2) is 18.3 Å². The van der Waals surface area contributed by atoms with Crippen LogP contribution in [0.5, 0.6) is 0 Å². The number of rotatable bonds is 4. The zero-order valence-corrected chi connectivity index (χ0v) is 13.1. The molecular weight excluding hydrogens is 301 g/mol. The van der Waals surface area contributed by atoms with Crippen LogP contribution in [0.25, 0.3) is 0 Å². The Morgan fingerprint density at radius 1 is 1.48 bits per heavy atom. The molecule has 0 unspecified atom stereocenters. The summed E-state index contributed by atoms with van der Waals surface area (Å²) < 4.78 is 18.2. The molecule has 23 heavy (non-hydrogen) atoms. The van der Waals surface area contributed by atoms with E-state index in [1.54, 1.807) is 12.0 Å². The van der Waals surface area contributed by atoms with Crippen molar-refractivity contribution in [1.29, 1.82) is 0 Å². The summed E-state index contributed by atoms with van der Waals surface area (Å²) in [5, 5.41) is 0. The van der Waals surface area contributed by atoms with Crippen LogP contribution >= 0.6 is 0 Å². The van der Waals surface area contributed by atoms with Crippen LogP contribution in [0.2, 0.25) is 0 Å². The zero-order chi connectivity index (χ0) is 16.4. The highest BCUT2D eigenvalue weighted by Crippen LogP contribution is 2.32. The lowest BCUT2D eigenvalue weighted by molar-refractivity contribution is -0.140. The van der Waals surface area contributed by atoms with Gasteiger partial charge in [0.15, 0.2) is 0 Å².